The minimum Gasteiger partial charge on any atom is -0.462 e. The summed E-state index contributed by atoms with van der Waals surface area (Å²) in [4.78, 5) is 12.5. The summed E-state index contributed by atoms with van der Waals surface area (Å²) in [7, 11) is 0. The number of thiocarbonyl (C=S) groups is 1. The summed E-state index contributed by atoms with van der Waals surface area (Å²) in [5.74, 6) is 0. The molecular weight excluding hydrogens is 296 g/mol. The molecule has 0 unspecified atom stereocenters. The molecule has 0 spiro atoms. The maximum Gasteiger partial charge on any atom is 0.293 e. The predicted molar refractivity (Wildman–Crippen MR) is 95.3 cm³/mol. The number of hydrogen-bond acceptors (Lipinski definition) is 4. The fourth-order valence-corrected chi connectivity index (χ4v) is 2.27. The van der Waals surface area contributed by atoms with E-state index in [1.165, 1.54) is 38.0 Å². The minimum atomic E-state index is -0.318. The molecule has 122 valence electrons. The number of carbonyl (C=O) groups excluding carboxylic acids is 1. The van der Waals surface area contributed by atoms with Crippen LogP contribution in [0.4, 0.5) is 5.69 Å². The zero-order valence-corrected chi connectivity index (χ0v) is 14.5. The van der Waals surface area contributed by atoms with Gasteiger partial charge in [-0.2, -0.15) is 0 Å². The number of rotatable bonds is 3. The monoisotopic (exact) mass is 322 g/mol. The molecular formula is C17H26N2O2S. The number of anilines is 1. The van der Waals surface area contributed by atoms with Gasteiger partial charge >= 0.3 is 0 Å². The Morgan fingerprint density at radius 1 is 1.18 bits per heavy atom. The molecule has 0 aromatic heterocycles. The van der Waals surface area contributed by atoms with Crippen molar-refractivity contribution >= 4 is 29.4 Å². The molecule has 0 radical (unpaired) electrons. The van der Waals surface area contributed by atoms with Gasteiger partial charge in [-0.05, 0) is 64.3 Å². The van der Waals surface area contributed by atoms with Crippen LogP contribution < -0.4 is 10.6 Å². The first-order valence-corrected chi connectivity index (χ1v) is 8.00. The van der Waals surface area contributed by atoms with Crippen molar-refractivity contribution in [1.29, 1.82) is 0 Å². The minimum absolute atomic E-state index is 0.318. The lowest BCUT2D eigenvalue weighted by atomic mass is 10.1. The Labute approximate surface area is 138 Å². The van der Waals surface area contributed by atoms with Crippen molar-refractivity contribution in [2.75, 3.05) is 18.0 Å². The van der Waals surface area contributed by atoms with E-state index in [0.29, 0.717) is 11.5 Å². The second-order valence-corrected chi connectivity index (χ2v) is 6.73. The Kier molecular flexibility index (Phi) is 7.32. The highest BCUT2D eigenvalue weighted by Gasteiger charge is 2.10. The van der Waals surface area contributed by atoms with Gasteiger partial charge in [0.1, 0.15) is 10.6 Å². The fraction of sp³-hybridized carbons (Fsp3) is 0.529. The van der Waals surface area contributed by atoms with Crippen LogP contribution in [0.1, 0.15) is 45.6 Å². The number of ether oxygens (including phenoxy) is 1. The Morgan fingerprint density at radius 3 is 2.09 bits per heavy atom. The summed E-state index contributed by atoms with van der Waals surface area (Å²) in [5, 5.41) is 0. The predicted octanol–water partition coefficient (Wildman–Crippen LogP) is 3.27. The molecule has 0 amide bonds. The van der Waals surface area contributed by atoms with Crippen LogP contribution in [0.25, 0.3) is 0 Å². The van der Waals surface area contributed by atoms with Crippen LogP contribution in [0.15, 0.2) is 24.3 Å². The van der Waals surface area contributed by atoms with E-state index in [1.807, 2.05) is 32.9 Å². The molecule has 1 heterocycles. The lowest BCUT2D eigenvalue weighted by molar-refractivity contribution is -0.138. The van der Waals surface area contributed by atoms with E-state index in [9.17, 15) is 4.79 Å². The van der Waals surface area contributed by atoms with Crippen LogP contribution in [-0.2, 0) is 9.53 Å². The molecule has 4 nitrogen and oxygen atoms in total. The van der Waals surface area contributed by atoms with Gasteiger partial charge in [0.25, 0.3) is 6.47 Å². The molecule has 2 rings (SSSR count). The summed E-state index contributed by atoms with van der Waals surface area (Å²) in [6.07, 6.45) is 3.97. The quantitative estimate of drug-likeness (QED) is 0.684. The highest BCUT2D eigenvalue weighted by Crippen LogP contribution is 2.20. The number of benzene rings is 1. The van der Waals surface area contributed by atoms with E-state index in [-0.39, 0.29) is 5.60 Å². The Balaban J connectivity index is 0.000000295. The van der Waals surface area contributed by atoms with Gasteiger partial charge in [-0.15, -0.1) is 0 Å². The lowest BCUT2D eigenvalue weighted by Crippen LogP contribution is -2.29. The summed E-state index contributed by atoms with van der Waals surface area (Å²) < 4.78 is 4.55. The smallest absolute Gasteiger partial charge is 0.293 e. The zero-order chi connectivity index (χ0) is 16.6. The highest BCUT2D eigenvalue weighted by atomic mass is 32.1. The summed E-state index contributed by atoms with van der Waals surface area (Å²) in [6, 6.07) is 8.23. The van der Waals surface area contributed by atoms with Crippen molar-refractivity contribution in [3.05, 3.63) is 29.8 Å². The molecule has 1 aromatic carbocycles. The molecule has 2 N–H and O–H groups in total. The van der Waals surface area contributed by atoms with E-state index >= 15 is 0 Å². The number of carbonyl (C=O) groups is 1. The van der Waals surface area contributed by atoms with Gasteiger partial charge in [-0.1, -0.05) is 12.2 Å². The van der Waals surface area contributed by atoms with Crippen molar-refractivity contribution in [1.82, 2.24) is 0 Å². The largest absolute Gasteiger partial charge is 0.462 e. The van der Waals surface area contributed by atoms with Gasteiger partial charge in [0.2, 0.25) is 0 Å². The molecule has 5 heteroatoms. The second kappa shape index (κ2) is 8.73. The fourth-order valence-electron chi connectivity index (χ4n) is 2.13. The number of piperidine rings is 1. The van der Waals surface area contributed by atoms with E-state index < -0.39 is 0 Å². The second-order valence-electron chi connectivity index (χ2n) is 6.29. The number of hydrogen-bond donors (Lipinski definition) is 1. The topological polar surface area (TPSA) is 55.6 Å². The molecule has 1 aliphatic rings. The Hall–Kier alpha value is -1.62. The van der Waals surface area contributed by atoms with E-state index in [0.717, 1.165) is 5.56 Å². The van der Waals surface area contributed by atoms with Crippen LogP contribution >= 0.6 is 12.2 Å². The first kappa shape index (κ1) is 18.4. The first-order chi connectivity index (χ1) is 10.3. The van der Waals surface area contributed by atoms with Crippen molar-refractivity contribution in [3.63, 3.8) is 0 Å². The molecule has 0 aliphatic carbocycles. The standard InChI is InChI=1S/C12H16N2S.C5H10O2/c13-12(15)10-4-6-11(7-5-10)14-8-2-1-3-9-14;1-5(2,3)7-4-6/h4-7H,1-3,8-9H2,(H2,13,15);4H,1-3H3. The van der Waals surface area contributed by atoms with Crippen LogP contribution in [0, 0.1) is 0 Å². The molecule has 1 saturated heterocycles. The summed E-state index contributed by atoms with van der Waals surface area (Å²) >= 11 is 4.93. The maximum absolute atomic E-state index is 9.60. The van der Waals surface area contributed by atoms with E-state index in [2.05, 4.69) is 21.8 Å². The van der Waals surface area contributed by atoms with Gasteiger partial charge in [0.15, 0.2) is 0 Å². The molecule has 1 aliphatic heterocycles. The molecule has 0 bridgehead atoms. The molecule has 0 saturated carbocycles. The average Bonchev–Trinajstić information content (AvgIpc) is 2.48. The van der Waals surface area contributed by atoms with Gasteiger partial charge in [-0.3, -0.25) is 4.79 Å². The van der Waals surface area contributed by atoms with Gasteiger partial charge in [0, 0.05) is 24.3 Å². The van der Waals surface area contributed by atoms with Crippen LogP contribution in [0.5, 0.6) is 0 Å². The number of nitrogens with two attached hydrogens (primary N) is 1. The summed E-state index contributed by atoms with van der Waals surface area (Å²) in [6.45, 7) is 8.27. The van der Waals surface area contributed by atoms with Gasteiger partial charge in [-0.25, -0.2) is 0 Å². The summed E-state index contributed by atoms with van der Waals surface area (Å²) in [5.41, 5.74) is 7.48. The zero-order valence-electron chi connectivity index (χ0n) is 13.7. The first-order valence-electron chi connectivity index (χ1n) is 7.60. The van der Waals surface area contributed by atoms with Crippen molar-refractivity contribution in [2.24, 2.45) is 5.73 Å². The molecule has 22 heavy (non-hydrogen) atoms. The van der Waals surface area contributed by atoms with Crippen LogP contribution in [0.3, 0.4) is 0 Å². The average molecular weight is 322 g/mol. The third kappa shape index (κ3) is 6.89. The lowest BCUT2D eigenvalue weighted by Gasteiger charge is -2.28. The Morgan fingerprint density at radius 2 is 1.73 bits per heavy atom. The highest BCUT2D eigenvalue weighted by molar-refractivity contribution is 7.80. The van der Waals surface area contributed by atoms with E-state index in [4.69, 9.17) is 18.0 Å². The van der Waals surface area contributed by atoms with Crippen LogP contribution in [0.2, 0.25) is 0 Å². The SMILES string of the molecule is CC(C)(C)OC=O.NC(=S)c1ccc(N2CCCCC2)cc1. The van der Waals surface area contributed by atoms with Gasteiger partial charge in [0.05, 0.1) is 0 Å². The molecule has 0 atom stereocenters. The van der Waals surface area contributed by atoms with Crippen molar-refractivity contribution in [2.45, 2.75) is 45.6 Å². The maximum atomic E-state index is 9.60. The molecule has 1 fully saturated rings. The molecule has 1 aromatic rings. The van der Waals surface area contributed by atoms with Gasteiger partial charge < -0.3 is 15.4 Å². The third-order valence-corrected chi connectivity index (χ3v) is 3.51. The van der Waals surface area contributed by atoms with Crippen molar-refractivity contribution < 1.29 is 9.53 Å². The number of nitrogens with zero attached hydrogens (tertiary/aromatic N) is 1. The van der Waals surface area contributed by atoms with Crippen LogP contribution in [-0.4, -0.2) is 30.2 Å². The van der Waals surface area contributed by atoms with E-state index in [1.54, 1.807) is 0 Å². The Bertz CT molecular complexity index is 474. The third-order valence-electron chi connectivity index (χ3n) is 3.27. The van der Waals surface area contributed by atoms with Crippen molar-refractivity contribution in [3.8, 4) is 0 Å². The normalized spacial score (nSPS) is 14.6.